The number of thiocarbonyl (C=S) groups is 1. The standard InChI is InChI=1S/C18H19N7O3S2/c1-26-13-8-11(9-14(27-2)15(13)28-3)10-20-22-17(29)24-25-16(21-23-18(25)30)12-4-6-19-7-5-12/h4-10H,1-3H3,(H,23,30)(H2,22,24,29)/b20-10-. The van der Waals surface area contributed by atoms with E-state index in [0.717, 1.165) is 11.1 Å². The Hall–Kier alpha value is -3.51. The van der Waals surface area contributed by atoms with Crippen LogP contribution in [0.5, 0.6) is 17.2 Å². The number of nitrogens with zero attached hydrogens (tertiary/aromatic N) is 4. The highest BCUT2D eigenvalue weighted by molar-refractivity contribution is 7.80. The van der Waals surface area contributed by atoms with Gasteiger partial charge in [0.2, 0.25) is 15.6 Å². The fourth-order valence-corrected chi connectivity index (χ4v) is 2.88. The van der Waals surface area contributed by atoms with Gasteiger partial charge in [-0.2, -0.15) is 10.2 Å². The van der Waals surface area contributed by atoms with Crippen LogP contribution >= 0.6 is 24.4 Å². The average molecular weight is 446 g/mol. The number of ether oxygens (including phenoxy) is 3. The van der Waals surface area contributed by atoms with Crippen molar-refractivity contribution in [3.63, 3.8) is 0 Å². The molecule has 156 valence electrons. The molecule has 0 aliphatic carbocycles. The number of pyridine rings is 1. The van der Waals surface area contributed by atoms with E-state index in [0.29, 0.717) is 27.8 Å². The molecule has 0 bridgehead atoms. The third kappa shape index (κ3) is 4.72. The molecule has 0 saturated heterocycles. The van der Waals surface area contributed by atoms with Gasteiger partial charge >= 0.3 is 0 Å². The second kappa shape index (κ2) is 9.80. The molecule has 2 heterocycles. The minimum Gasteiger partial charge on any atom is -0.493 e. The van der Waals surface area contributed by atoms with E-state index in [1.807, 2.05) is 12.1 Å². The quantitative estimate of drug-likeness (QED) is 0.287. The number of aromatic amines is 1. The van der Waals surface area contributed by atoms with Crippen LogP contribution in [-0.2, 0) is 0 Å². The molecule has 0 fully saturated rings. The predicted octanol–water partition coefficient (Wildman–Crippen LogP) is 2.48. The lowest BCUT2D eigenvalue weighted by Crippen LogP contribution is -2.31. The number of aromatic nitrogens is 4. The summed E-state index contributed by atoms with van der Waals surface area (Å²) >= 11 is 10.6. The Morgan fingerprint density at radius 2 is 1.80 bits per heavy atom. The molecule has 0 spiro atoms. The van der Waals surface area contributed by atoms with Gasteiger partial charge in [0.1, 0.15) is 0 Å². The number of hydrogen-bond donors (Lipinski definition) is 3. The van der Waals surface area contributed by atoms with Gasteiger partial charge in [0, 0.05) is 23.5 Å². The largest absolute Gasteiger partial charge is 0.493 e. The number of benzene rings is 1. The van der Waals surface area contributed by atoms with Gasteiger partial charge in [-0.25, -0.2) is 9.77 Å². The van der Waals surface area contributed by atoms with Crippen LogP contribution in [0.4, 0.5) is 0 Å². The normalized spacial score (nSPS) is 10.6. The number of hydrazone groups is 1. The summed E-state index contributed by atoms with van der Waals surface area (Å²) in [6.07, 6.45) is 4.89. The zero-order valence-electron chi connectivity index (χ0n) is 16.4. The van der Waals surface area contributed by atoms with E-state index < -0.39 is 0 Å². The Morgan fingerprint density at radius 1 is 1.13 bits per heavy atom. The van der Waals surface area contributed by atoms with Crippen molar-refractivity contribution in [2.75, 3.05) is 26.8 Å². The van der Waals surface area contributed by atoms with Gasteiger partial charge in [-0.3, -0.25) is 15.8 Å². The van der Waals surface area contributed by atoms with Crippen molar-refractivity contribution < 1.29 is 14.2 Å². The molecule has 0 radical (unpaired) electrons. The van der Waals surface area contributed by atoms with Crippen molar-refractivity contribution in [2.45, 2.75) is 0 Å². The average Bonchev–Trinajstić information content (AvgIpc) is 3.13. The van der Waals surface area contributed by atoms with E-state index in [9.17, 15) is 0 Å². The number of methoxy groups -OCH3 is 3. The van der Waals surface area contributed by atoms with Crippen LogP contribution in [0.15, 0.2) is 41.8 Å². The van der Waals surface area contributed by atoms with Crippen molar-refractivity contribution in [1.82, 2.24) is 25.3 Å². The van der Waals surface area contributed by atoms with Crippen LogP contribution < -0.4 is 25.1 Å². The molecule has 3 N–H and O–H groups in total. The van der Waals surface area contributed by atoms with Gasteiger partial charge in [0.05, 0.1) is 27.5 Å². The molecule has 2 aromatic heterocycles. The highest BCUT2D eigenvalue weighted by Gasteiger charge is 2.12. The summed E-state index contributed by atoms with van der Waals surface area (Å²) in [5.74, 6) is 2.09. The highest BCUT2D eigenvalue weighted by atomic mass is 32.1. The molecular formula is C18H19N7O3S2. The first-order valence-corrected chi connectivity index (χ1v) is 9.37. The maximum atomic E-state index is 5.33. The molecule has 12 heteroatoms. The first-order valence-electron chi connectivity index (χ1n) is 8.55. The van der Waals surface area contributed by atoms with Crippen LogP contribution in [0, 0.1) is 4.77 Å². The van der Waals surface area contributed by atoms with Crippen molar-refractivity contribution in [3.8, 4) is 28.6 Å². The minimum atomic E-state index is 0.214. The molecule has 3 rings (SSSR count). The van der Waals surface area contributed by atoms with E-state index in [1.54, 1.807) is 52.1 Å². The van der Waals surface area contributed by atoms with Gasteiger partial charge in [-0.15, -0.1) is 0 Å². The van der Waals surface area contributed by atoms with Crippen molar-refractivity contribution in [1.29, 1.82) is 0 Å². The van der Waals surface area contributed by atoms with E-state index in [4.69, 9.17) is 38.6 Å². The number of nitrogens with one attached hydrogen (secondary N) is 3. The van der Waals surface area contributed by atoms with Gasteiger partial charge in [-0.1, -0.05) is 0 Å². The Bertz CT molecular complexity index is 1090. The molecule has 0 aliphatic heterocycles. The van der Waals surface area contributed by atoms with E-state index in [2.05, 4.69) is 31.1 Å². The second-order valence-corrected chi connectivity index (χ2v) is 6.49. The SMILES string of the molecule is COc1cc(/C=N\NC(=S)Nn2c(-c3ccncc3)n[nH]c2=S)cc(OC)c1OC. The molecule has 0 saturated carbocycles. The van der Waals surface area contributed by atoms with Gasteiger partial charge < -0.3 is 14.2 Å². The summed E-state index contributed by atoms with van der Waals surface area (Å²) in [5, 5.41) is 11.3. The van der Waals surface area contributed by atoms with E-state index >= 15 is 0 Å². The van der Waals surface area contributed by atoms with Crippen LogP contribution in [0.3, 0.4) is 0 Å². The number of H-pyrrole nitrogens is 1. The lowest BCUT2D eigenvalue weighted by atomic mass is 10.2. The molecule has 3 aromatic rings. The molecule has 0 amide bonds. The Balaban J connectivity index is 1.72. The summed E-state index contributed by atoms with van der Waals surface area (Å²) < 4.78 is 17.9. The fourth-order valence-electron chi connectivity index (χ4n) is 2.56. The molecular weight excluding hydrogens is 426 g/mol. The molecule has 1 aromatic carbocycles. The topological polar surface area (TPSA) is 111 Å². The zero-order valence-corrected chi connectivity index (χ0v) is 18.0. The molecule has 30 heavy (non-hydrogen) atoms. The van der Waals surface area contributed by atoms with Crippen LogP contribution in [0.1, 0.15) is 5.56 Å². The predicted molar refractivity (Wildman–Crippen MR) is 119 cm³/mol. The highest BCUT2D eigenvalue weighted by Crippen LogP contribution is 2.37. The van der Waals surface area contributed by atoms with E-state index in [1.165, 1.54) is 4.68 Å². The fraction of sp³-hybridized carbons (Fsp3) is 0.167. The second-order valence-electron chi connectivity index (χ2n) is 5.69. The first-order chi connectivity index (χ1) is 14.6. The summed E-state index contributed by atoms with van der Waals surface area (Å²) in [7, 11) is 4.63. The number of hydrogen-bond acceptors (Lipinski definition) is 8. The Morgan fingerprint density at radius 3 is 2.40 bits per heavy atom. The molecule has 0 unspecified atom stereocenters. The summed E-state index contributed by atoms with van der Waals surface area (Å²) in [6, 6.07) is 7.14. The lowest BCUT2D eigenvalue weighted by molar-refractivity contribution is 0.324. The number of rotatable bonds is 7. The maximum absolute atomic E-state index is 5.33. The summed E-state index contributed by atoms with van der Waals surface area (Å²) in [5.41, 5.74) is 7.21. The molecule has 0 aliphatic rings. The van der Waals surface area contributed by atoms with Gasteiger partial charge in [-0.05, 0) is 48.7 Å². The van der Waals surface area contributed by atoms with Crippen molar-refractivity contribution in [3.05, 3.63) is 47.0 Å². The third-order valence-corrected chi connectivity index (χ3v) is 4.35. The van der Waals surface area contributed by atoms with Crippen LogP contribution in [0.25, 0.3) is 11.4 Å². The van der Waals surface area contributed by atoms with E-state index in [-0.39, 0.29) is 5.11 Å². The first kappa shape index (κ1) is 21.2. The van der Waals surface area contributed by atoms with Crippen molar-refractivity contribution in [2.24, 2.45) is 5.10 Å². The zero-order chi connectivity index (χ0) is 21.5. The van der Waals surface area contributed by atoms with Gasteiger partial charge in [0.15, 0.2) is 17.3 Å². The summed E-state index contributed by atoms with van der Waals surface area (Å²) in [6.45, 7) is 0. The maximum Gasteiger partial charge on any atom is 0.215 e. The van der Waals surface area contributed by atoms with Gasteiger partial charge in [0.25, 0.3) is 0 Å². The Kier molecular flexibility index (Phi) is 6.93. The van der Waals surface area contributed by atoms with Crippen LogP contribution in [0.2, 0.25) is 0 Å². The lowest BCUT2D eigenvalue weighted by Gasteiger charge is -2.13. The smallest absolute Gasteiger partial charge is 0.215 e. The summed E-state index contributed by atoms with van der Waals surface area (Å²) in [4.78, 5) is 4.00. The Labute approximate surface area is 182 Å². The minimum absolute atomic E-state index is 0.214. The molecule has 0 atom stereocenters. The monoisotopic (exact) mass is 445 g/mol. The molecule has 10 nitrogen and oxygen atoms in total. The van der Waals surface area contributed by atoms with Crippen LogP contribution in [-0.4, -0.2) is 52.5 Å². The third-order valence-electron chi connectivity index (χ3n) is 3.89. The van der Waals surface area contributed by atoms with Crippen molar-refractivity contribution >= 4 is 35.8 Å².